The van der Waals surface area contributed by atoms with Crippen LogP contribution in [0.3, 0.4) is 0 Å². The number of nitrogens with zero attached hydrogens (tertiary/aromatic N) is 2. The Labute approximate surface area is 236 Å². The van der Waals surface area contributed by atoms with Crippen molar-refractivity contribution in [1.29, 1.82) is 0 Å². The van der Waals surface area contributed by atoms with Crippen LogP contribution < -0.4 is 20.1 Å². The zero-order valence-electron chi connectivity index (χ0n) is 21.7. The Hall–Kier alpha value is -3.43. The quantitative estimate of drug-likeness (QED) is 0.140. The van der Waals surface area contributed by atoms with Crippen LogP contribution in [0.4, 0.5) is 10.5 Å². The zero-order valence-corrected chi connectivity index (χ0v) is 24.1. The van der Waals surface area contributed by atoms with Gasteiger partial charge in [-0.05, 0) is 80.1 Å². The third kappa shape index (κ3) is 6.90. The largest absolute Gasteiger partial charge is 0.497 e. The highest BCUT2D eigenvalue weighted by Crippen LogP contribution is 2.37. The molecule has 2 N–H and O–H groups in total. The number of benzene rings is 3. The van der Waals surface area contributed by atoms with Crippen LogP contribution in [0.25, 0.3) is 22.5 Å². The monoisotopic (exact) mass is 594 g/mol. The Morgan fingerprint density at radius 3 is 2.24 bits per heavy atom. The molecule has 2 amide bonds. The molecule has 0 fully saturated rings. The lowest BCUT2D eigenvalue weighted by Gasteiger charge is -2.12. The van der Waals surface area contributed by atoms with Crippen LogP contribution >= 0.6 is 27.7 Å². The first-order valence-electron chi connectivity index (χ1n) is 12.3. The fourth-order valence-electron chi connectivity index (χ4n) is 4.01. The number of halogens is 1. The van der Waals surface area contributed by atoms with Crippen molar-refractivity contribution in [3.8, 4) is 34.0 Å². The molecule has 7 nitrogen and oxygen atoms in total. The van der Waals surface area contributed by atoms with E-state index in [0.29, 0.717) is 6.54 Å². The highest BCUT2D eigenvalue weighted by Gasteiger charge is 2.20. The molecule has 0 saturated heterocycles. The number of methoxy groups -OCH3 is 2. The number of carbonyl (C=O) groups excluding carboxylic acids is 1. The summed E-state index contributed by atoms with van der Waals surface area (Å²) in [5.41, 5.74) is 4.83. The van der Waals surface area contributed by atoms with E-state index in [4.69, 9.17) is 14.5 Å². The average Bonchev–Trinajstić information content (AvgIpc) is 3.31. The van der Waals surface area contributed by atoms with E-state index in [1.165, 1.54) is 0 Å². The van der Waals surface area contributed by atoms with Crippen LogP contribution in [0.15, 0.2) is 82.4 Å². The maximum absolute atomic E-state index is 12.2. The average molecular weight is 596 g/mol. The third-order valence-electron chi connectivity index (χ3n) is 5.90. The van der Waals surface area contributed by atoms with Crippen molar-refractivity contribution in [1.82, 2.24) is 14.9 Å². The number of nitrogens with one attached hydrogen (secondary N) is 2. The number of amides is 2. The molecular weight excluding hydrogens is 564 g/mol. The summed E-state index contributed by atoms with van der Waals surface area (Å²) in [7, 11) is 3.33. The number of imidazole rings is 1. The van der Waals surface area contributed by atoms with E-state index in [-0.39, 0.29) is 6.03 Å². The molecule has 0 spiro atoms. The molecule has 4 rings (SSSR count). The number of hydrogen-bond donors (Lipinski definition) is 2. The Morgan fingerprint density at radius 1 is 0.974 bits per heavy atom. The Morgan fingerprint density at radius 2 is 1.63 bits per heavy atom. The fourth-order valence-corrected chi connectivity index (χ4v) is 5.41. The number of anilines is 1. The Balaban J connectivity index is 1.47. The van der Waals surface area contributed by atoms with Crippen molar-refractivity contribution in [2.45, 2.75) is 25.0 Å². The zero-order chi connectivity index (χ0) is 26.9. The first kappa shape index (κ1) is 27.6. The van der Waals surface area contributed by atoms with Gasteiger partial charge in [-0.25, -0.2) is 9.78 Å². The van der Waals surface area contributed by atoms with Crippen molar-refractivity contribution in [2.75, 3.05) is 31.8 Å². The lowest BCUT2D eigenvalue weighted by atomic mass is 10.0. The van der Waals surface area contributed by atoms with Crippen molar-refractivity contribution in [3.63, 3.8) is 0 Å². The molecule has 0 atom stereocenters. The standard InChI is InChI=1S/C29H31BrN4O3S/c1-4-34-27(21-11-15-25(37-3)16-12-21)26(20-9-13-24(36-2)14-10-20)33-29(34)38-18-6-17-31-28(35)32-23-8-5-7-22(30)19-23/h5,7-16,19H,4,6,17-18H2,1-3H3,(H2,31,32,35). The lowest BCUT2D eigenvalue weighted by Crippen LogP contribution is -2.29. The van der Waals surface area contributed by atoms with E-state index in [1.807, 2.05) is 60.7 Å². The summed E-state index contributed by atoms with van der Waals surface area (Å²) < 4.78 is 13.9. The number of hydrogen-bond acceptors (Lipinski definition) is 5. The topological polar surface area (TPSA) is 77.4 Å². The highest BCUT2D eigenvalue weighted by atomic mass is 79.9. The number of thioether (sulfide) groups is 1. The molecule has 0 unspecified atom stereocenters. The van der Waals surface area contributed by atoms with Gasteiger partial charge in [-0.3, -0.25) is 0 Å². The number of aromatic nitrogens is 2. The third-order valence-corrected chi connectivity index (χ3v) is 7.45. The summed E-state index contributed by atoms with van der Waals surface area (Å²) >= 11 is 5.11. The normalized spacial score (nSPS) is 10.7. The van der Waals surface area contributed by atoms with Gasteiger partial charge in [-0.15, -0.1) is 0 Å². The summed E-state index contributed by atoms with van der Waals surface area (Å²) in [6.07, 6.45) is 0.808. The molecule has 1 aromatic heterocycles. The lowest BCUT2D eigenvalue weighted by molar-refractivity contribution is 0.252. The summed E-state index contributed by atoms with van der Waals surface area (Å²) in [6, 6.07) is 23.4. The molecule has 38 heavy (non-hydrogen) atoms. The van der Waals surface area contributed by atoms with Gasteiger partial charge in [0.15, 0.2) is 5.16 Å². The van der Waals surface area contributed by atoms with E-state index < -0.39 is 0 Å². The Kier molecular flexibility index (Phi) is 9.73. The van der Waals surface area contributed by atoms with E-state index >= 15 is 0 Å². The number of carbonyl (C=O) groups is 1. The van der Waals surface area contributed by atoms with Gasteiger partial charge in [-0.2, -0.15) is 0 Å². The van der Waals surface area contributed by atoms with E-state index in [9.17, 15) is 4.79 Å². The molecule has 9 heteroatoms. The first-order valence-corrected chi connectivity index (χ1v) is 14.1. The SMILES string of the molecule is CCn1c(SCCCNC(=O)Nc2cccc(Br)c2)nc(-c2ccc(OC)cc2)c1-c1ccc(OC)cc1. The van der Waals surface area contributed by atoms with Crippen molar-refractivity contribution < 1.29 is 14.3 Å². The maximum Gasteiger partial charge on any atom is 0.319 e. The van der Waals surface area contributed by atoms with E-state index in [0.717, 1.165) is 68.0 Å². The minimum atomic E-state index is -0.216. The number of ether oxygens (including phenoxy) is 2. The van der Waals surface area contributed by atoms with Crippen molar-refractivity contribution >= 4 is 39.4 Å². The molecule has 0 aliphatic rings. The van der Waals surface area contributed by atoms with Crippen LogP contribution in [0, 0.1) is 0 Å². The van der Waals surface area contributed by atoms with Gasteiger partial charge in [0.2, 0.25) is 0 Å². The van der Waals surface area contributed by atoms with Gasteiger partial charge in [-0.1, -0.05) is 33.8 Å². The van der Waals surface area contributed by atoms with Gasteiger partial charge in [0.1, 0.15) is 11.5 Å². The van der Waals surface area contributed by atoms with Crippen molar-refractivity contribution in [3.05, 3.63) is 77.3 Å². The molecule has 3 aromatic carbocycles. The summed E-state index contributed by atoms with van der Waals surface area (Å²) in [6.45, 7) is 3.47. The van der Waals surface area contributed by atoms with Gasteiger partial charge in [0, 0.05) is 40.1 Å². The van der Waals surface area contributed by atoms with E-state index in [2.05, 4.69) is 50.2 Å². The summed E-state index contributed by atoms with van der Waals surface area (Å²) in [5, 5.41) is 6.72. The smallest absolute Gasteiger partial charge is 0.319 e. The molecule has 0 saturated carbocycles. The second-order valence-electron chi connectivity index (χ2n) is 8.39. The summed E-state index contributed by atoms with van der Waals surface area (Å²) in [5.74, 6) is 2.44. The minimum Gasteiger partial charge on any atom is -0.497 e. The fraction of sp³-hybridized carbons (Fsp3) is 0.241. The Bertz CT molecular complexity index is 1360. The molecule has 0 bridgehead atoms. The molecule has 1 heterocycles. The van der Waals surface area contributed by atoms with Gasteiger partial charge < -0.3 is 24.7 Å². The minimum absolute atomic E-state index is 0.216. The van der Waals surface area contributed by atoms with Gasteiger partial charge in [0.05, 0.1) is 25.6 Å². The number of rotatable bonds is 11. The molecule has 0 radical (unpaired) electrons. The van der Waals surface area contributed by atoms with Gasteiger partial charge in [0.25, 0.3) is 0 Å². The highest BCUT2D eigenvalue weighted by molar-refractivity contribution is 9.10. The number of urea groups is 1. The molecule has 0 aliphatic carbocycles. The predicted molar refractivity (Wildman–Crippen MR) is 158 cm³/mol. The second kappa shape index (κ2) is 13.4. The second-order valence-corrected chi connectivity index (χ2v) is 10.4. The van der Waals surface area contributed by atoms with Crippen molar-refractivity contribution in [2.24, 2.45) is 0 Å². The van der Waals surface area contributed by atoms with Crippen LogP contribution in [0.2, 0.25) is 0 Å². The van der Waals surface area contributed by atoms with Gasteiger partial charge >= 0.3 is 6.03 Å². The molecular formula is C29H31BrN4O3S. The predicted octanol–water partition coefficient (Wildman–Crippen LogP) is 7.32. The molecule has 0 aliphatic heterocycles. The first-order chi connectivity index (χ1) is 18.5. The van der Waals surface area contributed by atoms with Crippen LogP contribution in [-0.4, -0.2) is 42.1 Å². The van der Waals surface area contributed by atoms with Crippen LogP contribution in [0.1, 0.15) is 13.3 Å². The van der Waals surface area contributed by atoms with Crippen LogP contribution in [-0.2, 0) is 6.54 Å². The van der Waals surface area contributed by atoms with Crippen LogP contribution in [0.5, 0.6) is 11.5 Å². The molecule has 4 aromatic rings. The van der Waals surface area contributed by atoms with E-state index in [1.54, 1.807) is 26.0 Å². The summed E-state index contributed by atoms with van der Waals surface area (Å²) in [4.78, 5) is 17.3. The maximum atomic E-state index is 12.2. The molecule has 198 valence electrons.